The van der Waals surface area contributed by atoms with Crippen LogP contribution in [0.3, 0.4) is 0 Å². The maximum atomic E-state index is 15.3. The molecule has 0 atom stereocenters. The van der Waals surface area contributed by atoms with Crippen LogP contribution in [0.5, 0.6) is 11.5 Å². The molecule has 3 aromatic rings. The van der Waals surface area contributed by atoms with Crippen molar-refractivity contribution in [3.05, 3.63) is 82.7 Å². The number of nitrogens with one attached hydrogen (secondary N) is 1. The van der Waals surface area contributed by atoms with Crippen molar-refractivity contribution in [2.24, 2.45) is 5.73 Å². The topological polar surface area (TPSA) is 99.4 Å². The average molecular weight is 558 g/mol. The first-order chi connectivity index (χ1) is 18.1. The van der Waals surface area contributed by atoms with Gasteiger partial charge < -0.3 is 20.5 Å². The van der Waals surface area contributed by atoms with Gasteiger partial charge in [0.05, 0.1) is 7.11 Å². The molecule has 7 nitrogen and oxygen atoms in total. The minimum Gasteiger partial charge on any atom is -0.496 e. The van der Waals surface area contributed by atoms with Gasteiger partial charge in [0.25, 0.3) is 5.91 Å². The third-order valence-electron chi connectivity index (χ3n) is 5.47. The number of hydrogen-bond acceptors (Lipinski definition) is 6. The van der Waals surface area contributed by atoms with Crippen LogP contribution in [0.4, 0.5) is 36.4 Å². The van der Waals surface area contributed by atoms with Crippen LogP contribution < -0.4 is 20.5 Å². The third-order valence-corrected chi connectivity index (χ3v) is 5.47. The zero-order valence-corrected chi connectivity index (χ0v) is 20.4. The molecule has 3 rings (SSSR count). The fourth-order valence-corrected chi connectivity index (χ4v) is 3.65. The Labute approximate surface area is 217 Å². The maximum Gasteiger partial charge on any atom is 0.573 e. The molecule has 2 aromatic heterocycles. The van der Waals surface area contributed by atoms with E-state index in [0.717, 1.165) is 18.3 Å². The summed E-state index contributed by atoms with van der Waals surface area (Å²) in [6.45, 7) is 5.26. The zero-order chi connectivity index (χ0) is 29.1. The molecule has 1 aromatic carbocycles. The minimum atomic E-state index is -5.11. The zero-order valence-electron chi connectivity index (χ0n) is 20.4. The molecule has 0 fully saturated rings. The third kappa shape index (κ3) is 7.15. The number of benzene rings is 1. The van der Waals surface area contributed by atoms with Gasteiger partial charge in [0.1, 0.15) is 17.2 Å². The number of primary amides is 1. The van der Waals surface area contributed by atoms with Crippen LogP contribution in [0.25, 0.3) is 5.70 Å². The molecule has 0 aliphatic carbocycles. The number of alkyl halides is 6. The van der Waals surface area contributed by atoms with E-state index in [4.69, 9.17) is 10.5 Å². The van der Waals surface area contributed by atoms with Crippen LogP contribution in [-0.4, -0.2) is 29.3 Å². The van der Waals surface area contributed by atoms with E-state index in [1.807, 2.05) is 0 Å². The lowest BCUT2D eigenvalue weighted by molar-refractivity contribution is -0.274. The molecule has 14 heteroatoms. The summed E-state index contributed by atoms with van der Waals surface area (Å²) in [6, 6.07) is 4.56. The number of aryl methyl sites for hydroxylation is 3. The highest BCUT2D eigenvalue weighted by atomic mass is 19.4. The van der Waals surface area contributed by atoms with Gasteiger partial charge >= 0.3 is 12.5 Å². The van der Waals surface area contributed by atoms with Crippen LogP contribution in [0.2, 0.25) is 0 Å². The van der Waals surface area contributed by atoms with Crippen molar-refractivity contribution < 1.29 is 45.0 Å². The summed E-state index contributed by atoms with van der Waals surface area (Å²) in [7, 11) is 1.21. The second kappa shape index (κ2) is 11.2. The lowest BCUT2D eigenvalue weighted by atomic mass is 9.98. The predicted octanol–water partition coefficient (Wildman–Crippen LogP) is 5.82. The summed E-state index contributed by atoms with van der Waals surface area (Å²) in [5, 5.41) is 2.71. The Kier molecular flexibility index (Phi) is 8.36. The van der Waals surface area contributed by atoms with E-state index in [-0.39, 0.29) is 41.2 Å². The molecule has 0 spiro atoms. The molecule has 1 amide bonds. The van der Waals surface area contributed by atoms with Crippen molar-refractivity contribution in [1.29, 1.82) is 0 Å². The van der Waals surface area contributed by atoms with Crippen LogP contribution >= 0.6 is 0 Å². The highest BCUT2D eigenvalue weighted by molar-refractivity contribution is 5.92. The van der Waals surface area contributed by atoms with Crippen molar-refractivity contribution in [3.63, 3.8) is 0 Å². The molecule has 0 unspecified atom stereocenters. The Morgan fingerprint density at radius 2 is 1.72 bits per heavy atom. The van der Waals surface area contributed by atoms with Gasteiger partial charge in [-0.3, -0.25) is 9.78 Å². The molecule has 0 saturated carbocycles. The smallest absolute Gasteiger partial charge is 0.496 e. The average Bonchev–Trinajstić information content (AvgIpc) is 2.82. The lowest BCUT2D eigenvalue weighted by Crippen LogP contribution is -2.17. The number of carbonyl (C=O) groups is 1. The van der Waals surface area contributed by atoms with Crippen LogP contribution in [0.1, 0.15) is 38.4 Å². The van der Waals surface area contributed by atoms with Gasteiger partial charge in [0, 0.05) is 35.4 Å². The highest BCUT2D eigenvalue weighted by Gasteiger charge is 2.38. The molecule has 3 N–H and O–H groups in total. The SMILES string of the molecule is C=C(Nc1cc(C(N)=O)ncc1C)c1c(CCc2ccc(OC(F)(F)F)cc2OC)cnc(C(F)(F)F)c1F. The molecule has 39 heavy (non-hydrogen) atoms. The maximum absolute atomic E-state index is 15.3. The number of nitrogens with zero attached hydrogens (tertiary/aromatic N) is 2. The quantitative estimate of drug-likeness (QED) is 0.322. The number of anilines is 1. The number of rotatable bonds is 9. The van der Waals surface area contributed by atoms with E-state index in [1.165, 1.54) is 25.4 Å². The van der Waals surface area contributed by atoms with Gasteiger partial charge in [-0.25, -0.2) is 9.37 Å². The highest BCUT2D eigenvalue weighted by Crippen LogP contribution is 2.36. The van der Waals surface area contributed by atoms with Gasteiger partial charge in [0.2, 0.25) is 0 Å². The summed E-state index contributed by atoms with van der Waals surface area (Å²) in [4.78, 5) is 18.6. The van der Waals surface area contributed by atoms with E-state index < -0.39 is 41.3 Å². The standard InChI is InChI=1S/C25H21F7N4O3/c1-12-10-34-18(23(33)37)9-17(12)36-13(2)20-15(11-35-22(21(20)26)24(27,28)29)5-4-14-6-7-16(8-19(14)38-3)39-25(30,31)32/h6-11H,2,4-5H2,1,3H3,(H2,33,37)(H,34,36). The first kappa shape index (κ1) is 29.2. The number of methoxy groups -OCH3 is 1. The minimum absolute atomic E-state index is 0.0116. The lowest BCUT2D eigenvalue weighted by Gasteiger charge is -2.19. The molecule has 0 radical (unpaired) electrons. The number of nitrogens with two attached hydrogens (primary N) is 1. The Balaban J connectivity index is 1.98. The Morgan fingerprint density at radius 3 is 2.31 bits per heavy atom. The second-order valence-corrected chi connectivity index (χ2v) is 8.19. The van der Waals surface area contributed by atoms with E-state index in [0.29, 0.717) is 11.1 Å². The number of aromatic nitrogens is 2. The van der Waals surface area contributed by atoms with Gasteiger partial charge in [-0.05, 0) is 48.6 Å². The number of hydrogen-bond donors (Lipinski definition) is 2. The van der Waals surface area contributed by atoms with Gasteiger partial charge in [-0.1, -0.05) is 12.6 Å². The van der Waals surface area contributed by atoms with E-state index in [2.05, 4.69) is 26.6 Å². The summed E-state index contributed by atoms with van der Waals surface area (Å²) in [6.07, 6.45) is -7.99. The van der Waals surface area contributed by atoms with Crippen molar-refractivity contribution in [2.45, 2.75) is 32.3 Å². The van der Waals surface area contributed by atoms with Gasteiger partial charge in [-0.15, -0.1) is 13.2 Å². The number of pyridine rings is 2. The Hall–Kier alpha value is -4.36. The summed E-state index contributed by atoms with van der Waals surface area (Å²) in [5.74, 6) is -3.06. The van der Waals surface area contributed by atoms with E-state index in [9.17, 15) is 31.1 Å². The number of carbonyl (C=O) groups excluding carboxylic acids is 1. The number of ether oxygens (including phenoxy) is 2. The summed E-state index contributed by atoms with van der Waals surface area (Å²) < 4.78 is 102. The van der Waals surface area contributed by atoms with Crippen LogP contribution in [-0.2, 0) is 19.0 Å². The molecular weight excluding hydrogens is 537 g/mol. The largest absolute Gasteiger partial charge is 0.573 e. The van der Waals surface area contributed by atoms with Crippen molar-refractivity contribution in [2.75, 3.05) is 12.4 Å². The summed E-state index contributed by atoms with van der Waals surface area (Å²) >= 11 is 0. The van der Waals surface area contributed by atoms with Crippen LogP contribution in [0, 0.1) is 12.7 Å². The number of amides is 1. The first-order valence-corrected chi connectivity index (χ1v) is 11.0. The monoisotopic (exact) mass is 558 g/mol. The second-order valence-electron chi connectivity index (χ2n) is 8.19. The molecule has 208 valence electrons. The van der Waals surface area contributed by atoms with Crippen molar-refractivity contribution in [1.82, 2.24) is 9.97 Å². The van der Waals surface area contributed by atoms with E-state index in [1.54, 1.807) is 6.92 Å². The molecule has 0 saturated heterocycles. The van der Waals surface area contributed by atoms with Crippen molar-refractivity contribution >= 4 is 17.3 Å². The first-order valence-electron chi connectivity index (χ1n) is 11.0. The molecule has 2 heterocycles. The fourth-order valence-electron chi connectivity index (χ4n) is 3.65. The van der Waals surface area contributed by atoms with Crippen molar-refractivity contribution in [3.8, 4) is 11.5 Å². The summed E-state index contributed by atoms with van der Waals surface area (Å²) in [5.41, 5.74) is 3.55. The predicted molar refractivity (Wildman–Crippen MR) is 126 cm³/mol. The Bertz CT molecular complexity index is 1410. The molecule has 0 aliphatic rings. The normalized spacial score (nSPS) is 11.7. The Morgan fingerprint density at radius 1 is 1.05 bits per heavy atom. The number of halogens is 7. The van der Waals surface area contributed by atoms with Gasteiger partial charge in [-0.2, -0.15) is 13.2 Å². The molecular formula is C25H21F7N4O3. The van der Waals surface area contributed by atoms with E-state index >= 15 is 4.39 Å². The van der Waals surface area contributed by atoms with Gasteiger partial charge in [0.15, 0.2) is 11.5 Å². The fraction of sp³-hybridized carbons (Fsp3) is 0.240. The molecule has 0 bridgehead atoms. The van der Waals surface area contributed by atoms with Crippen LogP contribution in [0.15, 0.2) is 43.2 Å². The molecule has 0 aliphatic heterocycles.